The number of anilines is 1. The van der Waals surface area contributed by atoms with E-state index in [4.69, 9.17) is 4.74 Å². The quantitative estimate of drug-likeness (QED) is 0.729. The molecule has 0 heterocycles. The monoisotopic (exact) mass is 362 g/mol. The Morgan fingerprint density at radius 2 is 1.72 bits per heavy atom. The zero-order valence-corrected chi connectivity index (χ0v) is 15.1. The van der Waals surface area contributed by atoms with Gasteiger partial charge in [0.15, 0.2) is 0 Å². The molecule has 1 amide bonds. The van der Waals surface area contributed by atoms with Gasteiger partial charge in [0, 0.05) is 13.7 Å². The van der Waals surface area contributed by atoms with Crippen LogP contribution in [0, 0.1) is 0 Å². The number of ether oxygens (including phenoxy) is 1. The first-order valence-corrected chi connectivity index (χ1v) is 9.66. The Labute approximate surface area is 148 Å². The van der Waals surface area contributed by atoms with Crippen molar-refractivity contribution in [3.63, 3.8) is 0 Å². The van der Waals surface area contributed by atoms with Gasteiger partial charge in [-0.15, -0.1) is 0 Å². The van der Waals surface area contributed by atoms with Crippen LogP contribution in [0.5, 0.6) is 0 Å². The molecule has 0 bridgehead atoms. The summed E-state index contributed by atoms with van der Waals surface area (Å²) >= 11 is 0. The van der Waals surface area contributed by atoms with E-state index in [1.807, 2.05) is 30.3 Å². The number of rotatable bonds is 8. The SMILES string of the molecule is COCCNC(=O)c1ccccc1N(Cc1ccccc1)S(C)(=O)=O. The standard InChI is InChI=1S/C18H22N2O4S/c1-24-13-12-19-18(21)16-10-6-7-11-17(16)20(25(2,22)23)14-15-8-4-3-5-9-15/h3-11H,12-14H2,1-2H3,(H,19,21). The number of carbonyl (C=O) groups is 1. The second-order valence-electron chi connectivity index (χ2n) is 5.52. The minimum atomic E-state index is -3.57. The fourth-order valence-corrected chi connectivity index (χ4v) is 3.28. The van der Waals surface area contributed by atoms with Gasteiger partial charge in [-0.2, -0.15) is 0 Å². The van der Waals surface area contributed by atoms with E-state index >= 15 is 0 Å². The zero-order chi connectivity index (χ0) is 18.3. The molecular formula is C18H22N2O4S. The minimum absolute atomic E-state index is 0.155. The molecule has 7 heteroatoms. The van der Waals surface area contributed by atoms with Crippen molar-refractivity contribution in [2.75, 3.05) is 30.8 Å². The minimum Gasteiger partial charge on any atom is -0.383 e. The molecule has 2 aromatic rings. The molecule has 2 rings (SSSR count). The van der Waals surface area contributed by atoms with Gasteiger partial charge in [-0.3, -0.25) is 9.10 Å². The Hall–Kier alpha value is -2.38. The van der Waals surface area contributed by atoms with Crippen LogP contribution in [0.15, 0.2) is 54.6 Å². The summed E-state index contributed by atoms with van der Waals surface area (Å²) < 4.78 is 30.9. The lowest BCUT2D eigenvalue weighted by molar-refractivity contribution is 0.0937. The topological polar surface area (TPSA) is 75.7 Å². The Kier molecular flexibility index (Phi) is 6.55. The molecule has 0 aliphatic rings. The molecule has 0 aliphatic heterocycles. The maximum Gasteiger partial charge on any atom is 0.253 e. The molecule has 0 radical (unpaired) electrons. The second kappa shape index (κ2) is 8.64. The highest BCUT2D eigenvalue weighted by molar-refractivity contribution is 7.92. The number of benzene rings is 2. The number of methoxy groups -OCH3 is 1. The van der Waals surface area contributed by atoms with Gasteiger partial charge in [-0.1, -0.05) is 42.5 Å². The highest BCUT2D eigenvalue weighted by Crippen LogP contribution is 2.25. The molecule has 0 aliphatic carbocycles. The normalized spacial score (nSPS) is 11.1. The summed E-state index contributed by atoms with van der Waals surface area (Å²) in [5, 5.41) is 2.73. The lowest BCUT2D eigenvalue weighted by atomic mass is 10.1. The summed E-state index contributed by atoms with van der Waals surface area (Å²) in [6.07, 6.45) is 1.13. The van der Waals surface area contributed by atoms with Crippen molar-refractivity contribution in [2.45, 2.75) is 6.54 Å². The zero-order valence-electron chi connectivity index (χ0n) is 14.3. The van der Waals surface area contributed by atoms with E-state index in [-0.39, 0.29) is 12.5 Å². The van der Waals surface area contributed by atoms with Crippen LogP contribution in [0.1, 0.15) is 15.9 Å². The van der Waals surface area contributed by atoms with Gasteiger partial charge >= 0.3 is 0 Å². The van der Waals surface area contributed by atoms with Crippen LogP contribution >= 0.6 is 0 Å². The van der Waals surface area contributed by atoms with E-state index in [9.17, 15) is 13.2 Å². The van der Waals surface area contributed by atoms with Crippen molar-refractivity contribution < 1.29 is 17.9 Å². The largest absolute Gasteiger partial charge is 0.383 e. The third-order valence-electron chi connectivity index (χ3n) is 3.58. The molecule has 1 N–H and O–H groups in total. The van der Waals surface area contributed by atoms with Crippen LogP contribution in [-0.2, 0) is 21.3 Å². The molecule has 0 spiro atoms. The Morgan fingerprint density at radius 3 is 2.36 bits per heavy atom. The van der Waals surface area contributed by atoms with Crippen molar-refractivity contribution in [3.8, 4) is 0 Å². The van der Waals surface area contributed by atoms with E-state index in [1.165, 1.54) is 4.31 Å². The molecule has 0 fully saturated rings. The summed E-state index contributed by atoms with van der Waals surface area (Å²) in [4.78, 5) is 12.4. The van der Waals surface area contributed by atoms with Gasteiger partial charge < -0.3 is 10.1 Å². The van der Waals surface area contributed by atoms with Gasteiger partial charge in [0.05, 0.1) is 30.7 Å². The lowest BCUT2D eigenvalue weighted by Gasteiger charge is -2.24. The van der Waals surface area contributed by atoms with E-state index in [0.717, 1.165) is 11.8 Å². The van der Waals surface area contributed by atoms with Crippen LogP contribution in [0.25, 0.3) is 0 Å². The van der Waals surface area contributed by atoms with Crippen molar-refractivity contribution in [3.05, 3.63) is 65.7 Å². The number of nitrogens with zero attached hydrogens (tertiary/aromatic N) is 1. The Morgan fingerprint density at radius 1 is 1.08 bits per heavy atom. The van der Waals surface area contributed by atoms with E-state index in [1.54, 1.807) is 31.4 Å². The average molecular weight is 362 g/mol. The third kappa shape index (κ3) is 5.30. The number of hydrogen-bond donors (Lipinski definition) is 1. The fraction of sp³-hybridized carbons (Fsp3) is 0.278. The van der Waals surface area contributed by atoms with Gasteiger partial charge in [0.25, 0.3) is 5.91 Å². The highest BCUT2D eigenvalue weighted by atomic mass is 32.2. The summed E-state index contributed by atoms with van der Waals surface area (Å²) in [6, 6.07) is 15.9. The van der Waals surface area contributed by atoms with Crippen molar-refractivity contribution in [1.82, 2.24) is 5.32 Å². The molecule has 2 aromatic carbocycles. The highest BCUT2D eigenvalue weighted by Gasteiger charge is 2.23. The van der Waals surface area contributed by atoms with E-state index in [2.05, 4.69) is 5.32 Å². The number of hydrogen-bond acceptors (Lipinski definition) is 4. The average Bonchev–Trinajstić information content (AvgIpc) is 2.60. The maximum atomic E-state index is 12.4. The second-order valence-corrected chi connectivity index (χ2v) is 7.43. The fourth-order valence-electron chi connectivity index (χ4n) is 2.38. The van der Waals surface area contributed by atoms with Crippen molar-refractivity contribution >= 4 is 21.6 Å². The summed E-state index contributed by atoms with van der Waals surface area (Å²) in [5.74, 6) is -0.339. The first kappa shape index (κ1) is 19.0. The van der Waals surface area contributed by atoms with Crippen LogP contribution in [0.3, 0.4) is 0 Å². The van der Waals surface area contributed by atoms with Crippen molar-refractivity contribution in [1.29, 1.82) is 0 Å². The maximum absolute atomic E-state index is 12.4. The number of carbonyl (C=O) groups excluding carboxylic acids is 1. The smallest absolute Gasteiger partial charge is 0.253 e. The number of para-hydroxylation sites is 1. The first-order valence-electron chi connectivity index (χ1n) is 7.81. The Balaban J connectivity index is 2.36. The molecule has 25 heavy (non-hydrogen) atoms. The molecule has 0 saturated heterocycles. The van der Waals surface area contributed by atoms with Gasteiger partial charge in [0.2, 0.25) is 10.0 Å². The third-order valence-corrected chi connectivity index (χ3v) is 4.70. The number of nitrogens with one attached hydrogen (secondary N) is 1. The summed E-state index contributed by atoms with van der Waals surface area (Å²) in [7, 11) is -2.02. The molecule has 134 valence electrons. The summed E-state index contributed by atoms with van der Waals surface area (Å²) in [6.45, 7) is 0.886. The number of sulfonamides is 1. The molecule has 0 atom stereocenters. The molecular weight excluding hydrogens is 340 g/mol. The molecule has 0 aromatic heterocycles. The van der Waals surface area contributed by atoms with Crippen LogP contribution in [-0.4, -0.2) is 40.8 Å². The first-order chi connectivity index (χ1) is 11.9. The summed E-state index contributed by atoms with van der Waals surface area (Å²) in [5.41, 5.74) is 1.49. The molecule has 0 saturated carbocycles. The van der Waals surface area contributed by atoms with Crippen LogP contribution in [0.4, 0.5) is 5.69 Å². The van der Waals surface area contributed by atoms with Gasteiger partial charge in [-0.05, 0) is 17.7 Å². The van der Waals surface area contributed by atoms with Crippen LogP contribution in [0.2, 0.25) is 0 Å². The molecule has 0 unspecified atom stereocenters. The van der Waals surface area contributed by atoms with Gasteiger partial charge in [0.1, 0.15) is 0 Å². The predicted octanol–water partition coefficient (Wildman–Crippen LogP) is 2.03. The van der Waals surface area contributed by atoms with Crippen LogP contribution < -0.4 is 9.62 Å². The van der Waals surface area contributed by atoms with E-state index in [0.29, 0.717) is 24.4 Å². The van der Waals surface area contributed by atoms with E-state index < -0.39 is 10.0 Å². The lowest BCUT2D eigenvalue weighted by Crippen LogP contribution is -2.33. The Bertz CT molecular complexity index is 807. The van der Waals surface area contributed by atoms with Crippen molar-refractivity contribution in [2.24, 2.45) is 0 Å². The van der Waals surface area contributed by atoms with Gasteiger partial charge in [-0.25, -0.2) is 8.42 Å². The molecule has 6 nitrogen and oxygen atoms in total. The predicted molar refractivity (Wildman–Crippen MR) is 98.1 cm³/mol. The number of amides is 1.